The lowest BCUT2D eigenvalue weighted by molar-refractivity contribution is -0.139. The molecule has 1 atom stereocenters. The van der Waals surface area contributed by atoms with Crippen LogP contribution in [0.25, 0.3) is 0 Å². The summed E-state index contributed by atoms with van der Waals surface area (Å²) in [6.45, 7) is 6.70. The normalized spacial score (nSPS) is 15.5. The number of fused-ring (bicyclic) bond motifs is 1. The Bertz CT molecular complexity index is 891. The van der Waals surface area contributed by atoms with Crippen LogP contribution in [-0.4, -0.2) is 41.1 Å². The number of unbranched alkanes of at least 4 members (excludes halogenated alkanes) is 2. The van der Waals surface area contributed by atoms with E-state index in [-0.39, 0.29) is 5.97 Å². The molecule has 0 amide bonds. The van der Waals surface area contributed by atoms with Gasteiger partial charge in [0.2, 0.25) is 5.95 Å². The van der Waals surface area contributed by atoms with Crippen LogP contribution < -0.4 is 14.8 Å². The third kappa shape index (κ3) is 4.36. The van der Waals surface area contributed by atoms with Crippen LogP contribution in [0, 0.1) is 0 Å². The molecule has 2 heterocycles. The topological polar surface area (TPSA) is 87.5 Å². The minimum absolute atomic E-state index is 0.292. The van der Waals surface area contributed by atoms with E-state index in [0.29, 0.717) is 41.9 Å². The van der Waals surface area contributed by atoms with E-state index < -0.39 is 6.04 Å². The second-order valence-corrected chi connectivity index (χ2v) is 6.78. The van der Waals surface area contributed by atoms with Crippen molar-refractivity contribution in [3.8, 4) is 11.5 Å². The number of aromatic nitrogens is 3. The maximum atomic E-state index is 12.7. The SMILES string of the molecule is CCCCCOc1ccc([C@@H]2C(C(=O)OCC)=C(C)Nc3ncnn32)cc1OC. The lowest BCUT2D eigenvalue weighted by Crippen LogP contribution is -2.29. The van der Waals surface area contributed by atoms with Crippen LogP contribution in [0.4, 0.5) is 5.95 Å². The van der Waals surface area contributed by atoms with Gasteiger partial charge in [0.25, 0.3) is 0 Å². The molecule has 1 aromatic heterocycles. The third-order valence-corrected chi connectivity index (χ3v) is 4.80. The molecule has 8 nitrogen and oxygen atoms in total. The fraction of sp³-hybridized carbons (Fsp3) is 0.476. The fourth-order valence-electron chi connectivity index (χ4n) is 3.38. The molecule has 0 aliphatic carbocycles. The monoisotopic (exact) mass is 400 g/mol. The second kappa shape index (κ2) is 9.45. The van der Waals surface area contributed by atoms with E-state index in [1.165, 1.54) is 6.33 Å². The molecule has 1 N–H and O–H groups in total. The molecule has 0 bridgehead atoms. The number of allylic oxidation sites excluding steroid dienone is 1. The van der Waals surface area contributed by atoms with Crippen LogP contribution in [0.1, 0.15) is 51.6 Å². The summed E-state index contributed by atoms with van der Waals surface area (Å²) >= 11 is 0. The van der Waals surface area contributed by atoms with Gasteiger partial charge in [0.05, 0.1) is 25.9 Å². The summed E-state index contributed by atoms with van der Waals surface area (Å²) in [5, 5.41) is 7.44. The Morgan fingerprint density at radius 1 is 1.24 bits per heavy atom. The van der Waals surface area contributed by atoms with Crippen LogP contribution in [0.2, 0.25) is 0 Å². The number of benzene rings is 1. The van der Waals surface area contributed by atoms with Crippen molar-refractivity contribution in [3.63, 3.8) is 0 Å². The van der Waals surface area contributed by atoms with Gasteiger partial charge in [-0.2, -0.15) is 10.1 Å². The molecule has 0 unspecified atom stereocenters. The van der Waals surface area contributed by atoms with Crippen LogP contribution >= 0.6 is 0 Å². The molecule has 1 aliphatic rings. The van der Waals surface area contributed by atoms with Crippen LogP contribution in [-0.2, 0) is 9.53 Å². The van der Waals surface area contributed by atoms with Crippen molar-refractivity contribution in [1.29, 1.82) is 0 Å². The number of hydrogen-bond acceptors (Lipinski definition) is 7. The lowest BCUT2D eigenvalue weighted by Gasteiger charge is -2.28. The Morgan fingerprint density at radius 2 is 2.07 bits per heavy atom. The number of nitrogens with one attached hydrogen (secondary N) is 1. The summed E-state index contributed by atoms with van der Waals surface area (Å²) in [7, 11) is 1.61. The van der Waals surface area contributed by atoms with Crippen molar-refractivity contribution < 1.29 is 19.0 Å². The Morgan fingerprint density at radius 3 is 2.79 bits per heavy atom. The first-order chi connectivity index (χ1) is 14.1. The number of anilines is 1. The van der Waals surface area contributed by atoms with Crippen LogP contribution in [0.3, 0.4) is 0 Å². The van der Waals surface area contributed by atoms with Crippen LogP contribution in [0.15, 0.2) is 35.8 Å². The molecule has 3 rings (SSSR count). The summed E-state index contributed by atoms with van der Waals surface area (Å²) in [6.07, 6.45) is 4.71. The maximum Gasteiger partial charge on any atom is 0.338 e. The van der Waals surface area contributed by atoms with Gasteiger partial charge < -0.3 is 19.5 Å². The Kier molecular flexibility index (Phi) is 6.74. The van der Waals surface area contributed by atoms with Gasteiger partial charge in [-0.25, -0.2) is 9.48 Å². The number of hydrogen-bond donors (Lipinski definition) is 1. The minimum Gasteiger partial charge on any atom is -0.493 e. The minimum atomic E-state index is -0.476. The highest BCUT2D eigenvalue weighted by molar-refractivity contribution is 5.92. The average molecular weight is 400 g/mol. The summed E-state index contributed by atoms with van der Waals surface area (Å²) in [6, 6.07) is 5.20. The molecule has 0 spiro atoms. The average Bonchev–Trinajstić information content (AvgIpc) is 3.18. The summed E-state index contributed by atoms with van der Waals surface area (Å²) in [5.41, 5.74) is 2.01. The highest BCUT2D eigenvalue weighted by atomic mass is 16.5. The molecule has 2 aromatic rings. The Labute approximate surface area is 170 Å². The molecule has 156 valence electrons. The van der Waals surface area contributed by atoms with Gasteiger partial charge >= 0.3 is 5.97 Å². The molecule has 29 heavy (non-hydrogen) atoms. The van der Waals surface area contributed by atoms with Gasteiger partial charge in [0.1, 0.15) is 12.4 Å². The van der Waals surface area contributed by atoms with Crippen molar-refractivity contribution in [1.82, 2.24) is 14.8 Å². The summed E-state index contributed by atoms with van der Waals surface area (Å²) in [5.74, 6) is 1.47. The van der Waals surface area contributed by atoms with Crippen LogP contribution in [0.5, 0.6) is 11.5 Å². The zero-order valence-corrected chi connectivity index (χ0v) is 17.4. The van der Waals surface area contributed by atoms with Gasteiger partial charge in [-0.05, 0) is 38.0 Å². The fourth-order valence-corrected chi connectivity index (χ4v) is 3.38. The number of carbonyl (C=O) groups is 1. The van der Waals surface area contributed by atoms with E-state index in [1.807, 2.05) is 25.1 Å². The molecular formula is C21H28N4O4. The number of nitrogens with zero attached hydrogens (tertiary/aromatic N) is 3. The third-order valence-electron chi connectivity index (χ3n) is 4.80. The molecular weight excluding hydrogens is 372 g/mol. The highest BCUT2D eigenvalue weighted by Gasteiger charge is 2.34. The predicted octanol–water partition coefficient (Wildman–Crippen LogP) is 3.71. The smallest absolute Gasteiger partial charge is 0.338 e. The van der Waals surface area contributed by atoms with E-state index >= 15 is 0 Å². The van der Waals surface area contributed by atoms with Crippen molar-refractivity contribution in [3.05, 3.63) is 41.4 Å². The molecule has 0 saturated carbocycles. The van der Waals surface area contributed by atoms with Crippen molar-refractivity contribution in [2.75, 3.05) is 25.6 Å². The van der Waals surface area contributed by atoms with Gasteiger partial charge in [-0.3, -0.25) is 0 Å². The van der Waals surface area contributed by atoms with E-state index in [1.54, 1.807) is 18.7 Å². The van der Waals surface area contributed by atoms with E-state index in [9.17, 15) is 4.79 Å². The zero-order chi connectivity index (χ0) is 20.8. The largest absolute Gasteiger partial charge is 0.493 e. The Balaban J connectivity index is 1.97. The first kappa shape index (κ1) is 20.7. The standard InChI is InChI=1S/C21H28N4O4/c1-5-7-8-11-29-16-10-9-15(12-17(16)27-4)19-18(20(26)28-6-2)14(3)24-21-22-13-23-25(19)21/h9-10,12-13,19H,5-8,11H2,1-4H3,(H,22,23,24)/t19-/m1/s1. The van der Waals surface area contributed by atoms with Gasteiger partial charge in [0.15, 0.2) is 11.5 Å². The molecule has 0 fully saturated rings. The van der Waals surface area contributed by atoms with E-state index in [0.717, 1.165) is 24.8 Å². The molecule has 0 radical (unpaired) electrons. The summed E-state index contributed by atoms with van der Waals surface area (Å²) in [4.78, 5) is 16.9. The molecule has 1 aliphatic heterocycles. The number of carbonyl (C=O) groups excluding carboxylic acids is 1. The van der Waals surface area contributed by atoms with Gasteiger partial charge in [-0.15, -0.1) is 0 Å². The number of methoxy groups -OCH3 is 1. The molecule has 0 saturated heterocycles. The number of esters is 1. The predicted molar refractivity (Wildman–Crippen MR) is 109 cm³/mol. The molecule has 1 aromatic carbocycles. The van der Waals surface area contributed by atoms with Crippen molar-refractivity contribution in [2.24, 2.45) is 0 Å². The summed E-state index contributed by atoms with van der Waals surface area (Å²) < 4.78 is 18.4. The first-order valence-corrected chi connectivity index (χ1v) is 9.95. The number of rotatable bonds is 9. The van der Waals surface area contributed by atoms with E-state index in [4.69, 9.17) is 14.2 Å². The quantitative estimate of drug-likeness (QED) is 0.507. The first-order valence-electron chi connectivity index (χ1n) is 9.95. The maximum absolute atomic E-state index is 12.7. The van der Waals surface area contributed by atoms with E-state index in [2.05, 4.69) is 22.3 Å². The van der Waals surface area contributed by atoms with Crippen molar-refractivity contribution in [2.45, 2.75) is 46.1 Å². The lowest BCUT2D eigenvalue weighted by atomic mass is 9.95. The molecule has 8 heteroatoms. The van der Waals surface area contributed by atoms with Crippen molar-refractivity contribution >= 4 is 11.9 Å². The van der Waals surface area contributed by atoms with Gasteiger partial charge in [-0.1, -0.05) is 25.8 Å². The highest BCUT2D eigenvalue weighted by Crippen LogP contribution is 2.38. The Hall–Kier alpha value is -3.03. The number of ether oxygens (including phenoxy) is 3. The van der Waals surface area contributed by atoms with Gasteiger partial charge in [0, 0.05) is 5.70 Å². The zero-order valence-electron chi connectivity index (χ0n) is 17.4. The second-order valence-electron chi connectivity index (χ2n) is 6.78.